The molecule has 0 aliphatic rings. The second-order valence-corrected chi connectivity index (χ2v) is 2.49. The van der Waals surface area contributed by atoms with E-state index in [9.17, 15) is 0 Å². The van der Waals surface area contributed by atoms with E-state index in [2.05, 4.69) is 11.6 Å². The maximum absolute atomic E-state index is 8.80. The molecule has 0 unspecified atom stereocenters. The van der Waals surface area contributed by atoms with Crippen LogP contribution >= 0.6 is 0 Å². The van der Waals surface area contributed by atoms with E-state index in [1.807, 2.05) is 0 Å². The highest BCUT2D eigenvalue weighted by Crippen LogP contribution is 1.98. The molecule has 0 aromatic rings. The van der Waals surface area contributed by atoms with E-state index >= 15 is 0 Å². The van der Waals surface area contributed by atoms with Gasteiger partial charge in [-0.2, -0.15) is 0 Å². The van der Waals surface area contributed by atoms with Crippen molar-refractivity contribution in [3.05, 3.63) is 36.3 Å². The van der Waals surface area contributed by atoms with Crippen molar-refractivity contribution < 1.29 is 5.11 Å². The quantitative estimate of drug-likeness (QED) is 0.197. The number of aliphatic hydroxyl groups is 1. The summed E-state index contributed by atoms with van der Waals surface area (Å²) in [6, 6.07) is 0. The van der Waals surface area contributed by atoms with Gasteiger partial charge in [0.2, 0.25) is 0 Å². The molecule has 13 heavy (non-hydrogen) atoms. The van der Waals surface area contributed by atoms with E-state index in [1.165, 1.54) is 0 Å². The molecule has 0 fully saturated rings. The number of aliphatic hydroxyl groups excluding tert-OH is 1. The number of allylic oxidation sites excluding steroid dienone is 1. The summed E-state index contributed by atoms with van der Waals surface area (Å²) < 4.78 is 0. The molecule has 4 nitrogen and oxygen atoms in total. The molecule has 0 saturated carbocycles. The first-order valence-electron chi connectivity index (χ1n) is 3.81. The number of nitrogens with two attached hydrogens (primary N) is 2. The molecule has 5 N–H and O–H groups in total. The molecule has 0 radical (unpaired) electrons. The fourth-order valence-corrected chi connectivity index (χ4v) is 0.677. The van der Waals surface area contributed by atoms with Crippen LogP contribution in [-0.2, 0) is 0 Å². The molecular formula is C9H15N3O. The third kappa shape index (κ3) is 4.68. The molecule has 0 spiro atoms. The van der Waals surface area contributed by atoms with Crippen LogP contribution in [0.4, 0.5) is 0 Å². The molecule has 0 amide bonds. The third-order valence-corrected chi connectivity index (χ3v) is 1.21. The SMILES string of the molecule is C=CCN=C(N)C(/C=C(/C)N)=C/O. The molecule has 0 bridgehead atoms. The maximum atomic E-state index is 8.80. The van der Waals surface area contributed by atoms with Crippen molar-refractivity contribution in [2.24, 2.45) is 16.5 Å². The molecule has 0 saturated heterocycles. The highest BCUT2D eigenvalue weighted by Gasteiger charge is 1.98. The van der Waals surface area contributed by atoms with Crippen LogP contribution in [-0.4, -0.2) is 17.5 Å². The normalized spacial score (nSPS) is 14.4. The largest absolute Gasteiger partial charge is 0.515 e. The van der Waals surface area contributed by atoms with Gasteiger partial charge in [0, 0.05) is 5.70 Å². The Labute approximate surface area is 78.0 Å². The van der Waals surface area contributed by atoms with Crippen molar-refractivity contribution in [3.8, 4) is 0 Å². The molecule has 0 aromatic carbocycles. The molecule has 0 atom stereocenters. The number of amidine groups is 1. The van der Waals surface area contributed by atoms with Gasteiger partial charge in [-0.3, -0.25) is 4.99 Å². The molecule has 0 rings (SSSR count). The van der Waals surface area contributed by atoms with Crippen LogP contribution in [0, 0.1) is 0 Å². The van der Waals surface area contributed by atoms with Crippen LogP contribution in [0.5, 0.6) is 0 Å². The summed E-state index contributed by atoms with van der Waals surface area (Å²) >= 11 is 0. The fourth-order valence-electron chi connectivity index (χ4n) is 0.677. The minimum absolute atomic E-state index is 0.243. The zero-order valence-corrected chi connectivity index (χ0v) is 7.70. The van der Waals surface area contributed by atoms with Gasteiger partial charge in [0.05, 0.1) is 18.4 Å². The minimum atomic E-state index is 0.243. The van der Waals surface area contributed by atoms with E-state index in [0.717, 1.165) is 6.26 Å². The average molecular weight is 181 g/mol. The van der Waals surface area contributed by atoms with Crippen LogP contribution in [0.2, 0.25) is 0 Å². The van der Waals surface area contributed by atoms with E-state index in [-0.39, 0.29) is 5.84 Å². The van der Waals surface area contributed by atoms with Crippen LogP contribution in [0.25, 0.3) is 0 Å². The maximum Gasteiger partial charge on any atom is 0.129 e. The molecule has 0 aliphatic carbocycles. The Kier molecular flexibility index (Phi) is 5.11. The second-order valence-electron chi connectivity index (χ2n) is 2.49. The Morgan fingerprint density at radius 1 is 1.54 bits per heavy atom. The van der Waals surface area contributed by atoms with E-state index in [4.69, 9.17) is 16.6 Å². The minimum Gasteiger partial charge on any atom is -0.515 e. The Morgan fingerprint density at radius 2 is 2.15 bits per heavy atom. The van der Waals surface area contributed by atoms with Crippen molar-refractivity contribution in [2.75, 3.05) is 6.54 Å². The first-order chi connectivity index (χ1) is 6.11. The van der Waals surface area contributed by atoms with Crippen molar-refractivity contribution in [1.29, 1.82) is 0 Å². The zero-order valence-electron chi connectivity index (χ0n) is 7.70. The Morgan fingerprint density at radius 3 is 2.54 bits per heavy atom. The molecule has 0 heterocycles. The van der Waals surface area contributed by atoms with Gasteiger partial charge in [-0.15, -0.1) is 6.58 Å². The Bertz CT molecular complexity index is 260. The average Bonchev–Trinajstić information content (AvgIpc) is 2.09. The van der Waals surface area contributed by atoms with Crippen LogP contribution in [0.15, 0.2) is 41.3 Å². The summed E-state index contributed by atoms with van der Waals surface area (Å²) in [4.78, 5) is 3.91. The van der Waals surface area contributed by atoms with Gasteiger partial charge >= 0.3 is 0 Å². The molecular weight excluding hydrogens is 166 g/mol. The third-order valence-electron chi connectivity index (χ3n) is 1.21. The lowest BCUT2D eigenvalue weighted by Gasteiger charge is -2.00. The fraction of sp³-hybridized carbons (Fsp3) is 0.222. The molecule has 0 aliphatic heterocycles. The number of aliphatic imine (C=N–C) groups is 1. The summed E-state index contributed by atoms with van der Waals surface area (Å²) in [5, 5.41) is 8.80. The number of hydrogen-bond donors (Lipinski definition) is 3. The number of hydrogen-bond acceptors (Lipinski definition) is 3. The molecule has 0 aromatic heterocycles. The smallest absolute Gasteiger partial charge is 0.129 e. The van der Waals surface area contributed by atoms with Gasteiger partial charge in [-0.1, -0.05) is 6.08 Å². The highest BCUT2D eigenvalue weighted by molar-refractivity contribution is 5.99. The summed E-state index contributed by atoms with van der Waals surface area (Å²) in [7, 11) is 0. The van der Waals surface area contributed by atoms with Crippen molar-refractivity contribution >= 4 is 5.84 Å². The summed E-state index contributed by atoms with van der Waals surface area (Å²) in [6.07, 6.45) is 4.03. The van der Waals surface area contributed by atoms with Gasteiger partial charge in [-0.25, -0.2) is 0 Å². The predicted molar refractivity (Wildman–Crippen MR) is 55.3 cm³/mol. The lowest BCUT2D eigenvalue weighted by atomic mass is 10.2. The number of rotatable bonds is 4. The monoisotopic (exact) mass is 181 g/mol. The lowest BCUT2D eigenvalue weighted by Crippen LogP contribution is -2.15. The Hall–Kier alpha value is -1.71. The summed E-state index contributed by atoms with van der Waals surface area (Å²) in [6.45, 7) is 5.61. The van der Waals surface area contributed by atoms with Gasteiger partial charge in [0.25, 0.3) is 0 Å². The topological polar surface area (TPSA) is 84.6 Å². The summed E-state index contributed by atoms with van der Waals surface area (Å²) in [5.74, 6) is 0.243. The van der Waals surface area contributed by atoms with Crippen LogP contribution < -0.4 is 11.5 Å². The van der Waals surface area contributed by atoms with E-state index in [0.29, 0.717) is 17.8 Å². The van der Waals surface area contributed by atoms with Crippen molar-refractivity contribution in [3.63, 3.8) is 0 Å². The van der Waals surface area contributed by atoms with E-state index in [1.54, 1.807) is 19.1 Å². The first-order valence-corrected chi connectivity index (χ1v) is 3.81. The summed E-state index contributed by atoms with van der Waals surface area (Å²) in [5.41, 5.74) is 11.9. The predicted octanol–water partition coefficient (Wildman–Crippen LogP) is 0.834. The second kappa shape index (κ2) is 5.88. The first kappa shape index (κ1) is 11.3. The van der Waals surface area contributed by atoms with Crippen molar-refractivity contribution in [2.45, 2.75) is 6.92 Å². The van der Waals surface area contributed by atoms with Gasteiger partial charge in [0.15, 0.2) is 0 Å². The zero-order chi connectivity index (χ0) is 10.3. The standard InChI is InChI=1S/C9H15N3O/c1-3-4-12-9(11)8(6-13)5-7(2)10/h3,5-6,13H,1,4,10H2,2H3,(H2,11,12)/b7-5-,8-6+. The van der Waals surface area contributed by atoms with Crippen molar-refractivity contribution in [1.82, 2.24) is 0 Å². The molecule has 72 valence electrons. The van der Waals surface area contributed by atoms with Crippen LogP contribution in [0.1, 0.15) is 6.92 Å². The Balaban J connectivity index is 4.61. The van der Waals surface area contributed by atoms with Gasteiger partial charge in [0.1, 0.15) is 5.84 Å². The van der Waals surface area contributed by atoms with Crippen LogP contribution in [0.3, 0.4) is 0 Å². The van der Waals surface area contributed by atoms with E-state index < -0.39 is 0 Å². The van der Waals surface area contributed by atoms with Gasteiger partial charge < -0.3 is 16.6 Å². The number of nitrogens with zero attached hydrogens (tertiary/aromatic N) is 1. The highest BCUT2D eigenvalue weighted by atomic mass is 16.2. The molecule has 4 heteroatoms. The van der Waals surface area contributed by atoms with Gasteiger partial charge in [-0.05, 0) is 13.0 Å². The lowest BCUT2D eigenvalue weighted by molar-refractivity contribution is 0.471.